The monoisotopic (exact) mass is 325 g/mol. The summed E-state index contributed by atoms with van der Waals surface area (Å²) in [6.07, 6.45) is 3.85. The summed E-state index contributed by atoms with van der Waals surface area (Å²) < 4.78 is 2.26. The van der Waals surface area contributed by atoms with Crippen LogP contribution in [0.5, 0.6) is 0 Å². The number of hydrogen-bond acceptors (Lipinski definition) is 0. The van der Waals surface area contributed by atoms with Gasteiger partial charge in [-0.1, -0.05) is 81.6 Å². The molecule has 25 heavy (non-hydrogen) atoms. The molecule has 1 nitrogen and oxygen atoms in total. The maximum absolute atomic E-state index is 4.04. The molecule has 0 aliphatic rings. The van der Waals surface area contributed by atoms with Crippen molar-refractivity contribution >= 4 is 33.8 Å². The van der Waals surface area contributed by atoms with E-state index in [1.54, 1.807) is 0 Å². The van der Waals surface area contributed by atoms with E-state index in [9.17, 15) is 0 Å². The molecule has 0 aliphatic carbocycles. The summed E-state index contributed by atoms with van der Waals surface area (Å²) in [6.45, 7) is 12.1. The lowest BCUT2D eigenvalue weighted by Crippen LogP contribution is -1.96. The number of aromatic nitrogens is 1. The van der Waals surface area contributed by atoms with E-state index in [4.69, 9.17) is 0 Å². The van der Waals surface area contributed by atoms with Gasteiger partial charge in [-0.15, -0.1) is 0 Å². The minimum Gasteiger partial charge on any atom is -0.309 e. The van der Waals surface area contributed by atoms with Gasteiger partial charge < -0.3 is 4.57 Å². The third-order valence-electron chi connectivity index (χ3n) is 4.35. The number of para-hydroxylation sites is 1. The predicted molar refractivity (Wildman–Crippen MR) is 112 cm³/mol. The van der Waals surface area contributed by atoms with Gasteiger partial charge in [-0.2, -0.15) is 0 Å². The molecule has 0 spiro atoms. The maximum atomic E-state index is 4.04. The minimum absolute atomic E-state index is 1.08. The predicted octanol–water partition coefficient (Wildman–Crippen LogP) is 7.10. The molecule has 0 radical (unpaired) electrons. The summed E-state index contributed by atoms with van der Waals surface area (Å²) in [7, 11) is 0. The first-order valence-electron chi connectivity index (χ1n) is 8.71. The van der Waals surface area contributed by atoms with Crippen molar-refractivity contribution in [2.45, 2.75) is 13.8 Å². The van der Waals surface area contributed by atoms with Gasteiger partial charge in [0.25, 0.3) is 0 Å². The van der Waals surface area contributed by atoms with E-state index in [2.05, 4.69) is 78.4 Å². The summed E-state index contributed by atoms with van der Waals surface area (Å²) in [6, 6.07) is 23.2. The van der Waals surface area contributed by atoms with Crippen LogP contribution < -0.4 is 0 Å². The molecule has 1 heteroatoms. The first kappa shape index (κ1) is 16.8. The van der Waals surface area contributed by atoms with Gasteiger partial charge in [-0.05, 0) is 35.0 Å². The Morgan fingerprint density at radius 3 is 2.12 bits per heavy atom. The smallest absolute Gasteiger partial charge is 0.0547 e. The Bertz CT molecular complexity index is 1040. The van der Waals surface area contributed by atoms with Crippen molar-refractivity contribution < 1.29 is 0 Å². The molecule has 0 fully saturated rings. The highest BCUT2D eigenvalue weighted by Crippen LogP contribution is 2.36. The van der Waals surface area contributed by atoms with Crippen LogP contribution in [0.4, 0.5) is 0 Å². The first-order valence-corrected chi connectivity index (χ1v) is 8.71. The Balaban J connectivity index is 0.000000880. The number of benzene rings is 3. The van der Waals surface area contributed by atoms with Crippen LogP contribution in [0, 0.1) is 0 Å². The van der Waals surface area contributed by atoms with Gasteiger partial charge >= 0.3 is 0 Å². The van der Waals surface area contributed by atoms with Gasteiger partial charge in [0.15, 0.2) is 0 Å². The molecule has 0 saturated heterocycles. The lowest BCUT2D eigenvalue weighted by atomic mass is 10.0. The Morgan fingerprint density at radius 2 is 1.44 bits per heavy atom. The molecule has 0 amide bonds. The molecule has 0 aliphatic heterocycles. The SMILES string of the molecule is C=Cc1c(C=C)n(-c2ccccc2)c2ccc3ccccc3c12.CC. The molecule has 1 aromatic heterocycles. The highest BCUT2D eigenvalue weighted by molar-refractivity contribution is 6.12. The molecule has 0 bridgehead atoms. The summed E-state index contributed by atoms with van der Waals surface area (Å²) in [4.78, 5) is 0. The van der Waals surface area contributed by atoms with E-state index < -0.39 is 0 Å². The fourth-order valence-corrected chi connectivity index (χ4v) is 3.37. The zero-order chi connectivity index (χ0) is 17.8. The molecule has 0 unspecified atom stereocenters. The second kappa shape index (κ2) is 7.23. The largest absolute Gasteiger partial charge is 0.309 e. The average Bonchev–Trinajstić information content (AvgIpc) is 3.04. The zero-order valence-electron chi connectivity index (χ0n) is 14.9. The van der Waals surface area contributed by atoms with Crippen molar-refractivity contribution in [1.29, 1.82) is 0 Å². The van der Waals surface area contributed by atoms with Crippen molar-refractivity contribution in [1.82, 2.24) is 4.57 Å². The van der Waals surface area contributed by atoms with Crippen LogP contribution in [-0.2, 0) is 0 Å². The van der Waals surface area contributed by atoms with Gasteiger partial charge in [-0.3, -0.25) is 0 Å². The van der Waals surface area contributed by atoms with Crippen molar-refractivity contribution in [3.05, 3.63) is 91.1 Å². The van der Waals surface area contributed by atoms with E-state index in [0.29, 0.717) is 0 Å². The maximum Gasteiger partial charge on any atom is 0.0547 e. The Hall–Kier alpha value is -3.06. The Kier molecular flexibility index (Phi) is 4.85. The van der Waals surface area contributed by atoms with Crippen LogP contribution in [0.2, 0.25) is 0 Å². The summed E-state index contributed by atoms with van der Waals surface area (Å²) >= 11 is 0. The van der Waals surface area contributed by atoms with Crippen molar-refractivity contribution in [2.24, 2.45) is 0 Å². The number of nitrogens with zero attached hydrogens (tertiary/aromatic N) is 1. The van der Waals surface area contributed by atoms with Crippen molar-refractivity contribution in [3.8, 4) is 5.69 Å². The van der Waals surface area contributed by atoms with Gasteiger partial charge in [0.2, 0.25) is 0 Å². The van der Waals surface area contributed by atoms with Crippen LogP contribution in [0.3, 0.4) is 0 Å². The van der Waals surface area contributed by atoms with Gasteiger partial charge in [-0.25, -0.2) is 0 Å². The molecule has 0 atom stereocenters. The molecule has 4 aromatic rings. The highest BCUT2D eigenvalue weighted by Gasteiger charge is 2.16. The highest BCUT2D eigenvalue weighted by atomic mass is 15.0. The lowest BCUT2D eigenvalue weighted by Gasteiger charge is -2.09. The molecule has 3 aromatic carbocycles. The molecule has 4 rings (SSSR count). The van der Waals surface area contributed by atoms with E-state index in [0.717, 1.165) is 16.9 Å². The summed E-state index contributed by atoms with van der Waals surface area (Å²) in [5.41, 5.74) is 4.53. The fourth-order valence-electron chi connectivity index (χ4n) is 3.37. The van der Waals surface area contributed by atoms with E-state index in [1.807, 2.05) is 32.1 Å². The fraction of sp³-hybridized carbons (Fsp3) is 0.0833. The molecule has 0 saturated carbocycles. The zero-order valence-corrected chi connectivity index (χ0v) is 14.9. The lowest BCUT2D eigenvalue weighted by molar-refractivity contribution is 1.11. The van der Waals surface area contributed by atoms with Crippen LogP contribution in [0.25, 0.3) is 39.5 Å². The molecule has 0 N–H and O–H groups in total. The van der Waals surface area contributed by atoms with Gasteiger partial charge in [0.05, 0.1) is 11.2 Å². The van der Waals surface area contributed by atoms with Crippen molar-refractivity contribution in [3.63, 3.8) is 0 Å². The van der Waals surface area contributed by atoms with E-state index in [1.165, 1.54) is 21.7 Å². The van der Waals surface area contributed by atoms with Crippen LogP contribution in [0.1, 0.15) is 25.1 Å². The Morgan fingerprint density at radius 1 is 0.760 bits per heavy atom. The van der Waals surface area contributed by atoms with E-state index >= 15 is 0 Å². The van der Waals surface area contributed by atoms with Crippen molar-refractivity contribution in [2.75, 3.05) is 0 Å². The molecular formula is C24H23N. The second-order valence-corrected chi connectivity index (χ2v) is 5.56. The third-order valence-corrected chi connectivity index (χ3v) is 4.35. The van der Waals surface area contributed by atoms with Crippen LogP contribution >= 0.6 is 0 Å². The average molecular weight is 325 g/mol. The quantitative estimate of drug-likeness (QED) is 0.379. The topological polar surface area (TPSA) is 4.93 Å². The Labute approximate surface area is 149 Å². The summed E-state index contributed by atoms with van der Waals surface area (Å²) in [5, 5.41) is 3.72. The number of hydrogen-bond donors (Lipinski definition) is 0. The molecular weight excluding hydrogens is 302 g/mol. The molecule has 124 valence electrons. The number of rotatable bonds is 3. The van der Waals surface area contributed by atoms with Gasteiger partial charge in [0.1, 0.15) is 0 Å². The van der Waals surface area contributed by atoms with Crippen LogP contribution in [0.15, 0.2) is 79.9 Å². The second-order valence-electron chi connectivity index (χ2n) is 5.56. The van der Waals surface area contributed by atoms with Gasteiger partial charge in [0, 0.05) is 16.6 Å². The van der Waals surface area contributed by atoms with Crippen LogP contribution in [-0.4, -0.2) is 4.57 Å². The minimum atomic E-state index is 1.08. The molecule has 1 heterocycles. The van der Waals surface area contributed by atoms with E-state index in [-0.39, 0.29) is 0 Å². The third kappa shape index (κ3) is 2.68. The normalized spacial score (nSPS) is 10.3. The first-order chi connectivity index (χ1) is 12.3. The number of fused-ring (bicyclic) bond motifs is 3. The standard InChI is InChI=1S/C22H17N.C2H6/c1-3-18-20(4-2)23(17-11-6-5-7-12-17)21-15-14-16-10-8-9-13-19(16)22(18)21;1-2/h3-15H,1-2H2;1-2H3. The summed E-state index contributed by atoms with van der Waals surface area (Å²) in [5.74, 6) is 0.